The zero-order chi connectivity index (χ0) is 9.14. The molecule has 0 N–H and O–H groups in total. The highest BCUT2D eigenvalue weighted by atomic mass is 16.7. The van der Waals surface area contributed by atoms with E-state index in [1.54, 1.807) is 0 Å². The molecule has 66 valence electrons. The Morgan fingerprint density at radius 3 is 3.08 bits per heavy atom. The lowest BCUT2D eigenvalue weighted by atomic mass is 10.3. The van der Waals surface area contributed by atoms with Crippen molar-refractivity contribution in [3.05, 3.63) is 10.1 Å². The topological polar surface area (TPSA) is 91.0 Å². The highest BCUT2D eigenvalue weighted by Crippen LogP contribution is 2.06. The molecule has 1 aliphatic heterocycles. The third-order valence-corrected chi connectivity index (χ3v) is 1.17. The molecule has 0 aromatic heterocycles. The number of oxime groups is 1. The van der Waals surface area contributed by atoms with Crippen LogP contribution in [0.1, 0.15) is 6.92 Å². The van der Waals surface area contributed by atoms with Crippen molar-refractivity contribution in [1.29, 1.82) is 0 Å². The van der Waals surface area contributed by atoms with Crippen LogP contribution < -0.4 is 0 Å². The Morgan fingerprint density at radius 2 is 2.58 bits per heavy atom. The summed E-state index contributed by atoms with van der Waals surface area (Å²) in [5, 5.41) is 13.3. The molecular weight excluding hydrogens is 168 g/mol. The molecule has 1 unspecified atom stereocenters. The van der Waals surface area contributed by atoms with Crippen molar-refractivity contribution >= 4 is 11.8 Å². The average molecular weight is 174 g/mol. The molecular formula is C5H6N2O5. The van der Waals surface area contributed by atoms with Gasteiger partial charge in [-0.05, 0) is 4.92 Å². The van der Waals surface area contributed by atoms with Crippen molar-refractivity contribution in [2.75, 3.05) is 6.61 Å². The van der Waals surface area contributed by atoms with E-state index in [0.717, 1.165) is 6.92 Å². The molecule has 0 fully saturated rings. The van der Waals surface area contributed by atoms with Gasteiger partial charge in [0.15, 0.2) is 11.8 Å². The lowest BCUT2D eigenvalue weighted by Gasteiger charge is -2.04. The van der Waals surface area contributed by atoms with Gasteiger partial charge in [-0.25, -0.2) is 0 Å². The maximum absolute atomic E-state index is 10.4. The van der Waals surface area contributed by atoms with E-state index in [4.69, 9.17) is 0 Å². The Morgan fingerprint density at radius 1 is 1.92 bits per heavy atom. The molecule has 0 amide bonds. The van der Waals surface area contributed by atoms with Gasteiger partial charge >= 0.3 is 11.8 Å². The fourth-order valence-corrected chi connectivity index (χ4v) is 0.742. The number of hydrogen-bond donors (Lipinski definition) is 0. The van der Waals surface area contributed by atoms with Gasteiger partial charge in [0.25, 0.3) is 6.10 Å². The van der Waals surface area contributed by atoms with E-state index < -0.39 is 22.8 Å². The van der Waals surface area contributed by atoms with Gasteiger partial charge in [0, 0.05) is 6.92 Å². The zero-order valence-electron chi connectivity index (χ0n) is 6.22. The highest BCUT2D eigenvalue weighted by Gasteiger charge is 2.37. The first kappa shape index (κ1) is 8.44. The monoisotopic (exact) mass is 174 g/mol. The van der Waals surface area contributed by atoms with Crippen LogP contribution in [0.3, 0.4) is 0 Å². The maximum Gasteiger partial charge on any atom is 0.429 e. The minimum Gasteiger partial charge on any atom is -0.445 e. The van der Waals surface area contributed by atoms with Crippen molar-refractivity contribution in [2.45, 2.75) is 13.0 Å². The van der Waals surface area contributed by atoms with E-state index >= 15 is 0 Å². The summed E-state index contributed by atoms with van der Waals surface area (Å²) in [7, 11) is 0. The Bertz CT molecular complexity index is 248. The van der Waals surface area contributed by atoms with Crippen molar-refractivity contribution < 1.29 is 19.3 Å². The minimum atomic E-state index is -0.975. The van der Waals surface area contributed by atoms with Crippen LogP contribution in [0.4, 0.5) is 0 Å². The zero-order valence-corrected chi connectivity index (χ0v) is 6.22. The number of ether oxygens (including phenoxy) is 1. The highest BCUT2D eigenvalue weighted by molar-refractivity contribution is 5.82. The van der Waals surface area contributed by atoms with Crippen LogP contribution in [0.25, 0.3) is 0 Å². The summed E-state index contributed by atoms with van der Waals surface area (Å²) in [5.41, 5.74) is 0. The summed E-state index contributed by atoms with van der Waals surface area (Å²) in [6.07, 6.45) is -0.975. The molecule has 1 atom stereocenters. The third-order valence-electron chi connectivity index (χ3n) is 1.17. The molecule has 1 heterocycles. The van der Waals surface area contributed by atoms with Crippen LogP contribution >= 0.6 is 0 Å². The summed E-state index contributed by atoms with van der Waals surface area (Å²) in [5.74, 6) is -1.06. The van der Waals surface area contributed by atoms with E-state index in [-0.39, 0.29) is 6.61 Å². The lowest BCUT2D eigenvalue weighted by molar-refractivity contribution is -0.357. The van der Waals surface area contributed by atoms with E-state index in [1.165, 1.54) is 0 Å². The van der Waals surface area contributed by atoms with Crippen LogP contribution in [0.15, 0.2) is 5.16 Å². The Labute approximate surface area is 67.1 Å². The number of amidine groups is 1. The molecule has 0 aromatic rings. The van der Waals surface area contributed by atoms with E-state index in [9.17, 15) is 14.9 Å². The van der Waals surface area contributed by atoms with Crippen molar-refractivity contribution in [3.8, 4) is 0 Å². The van der Waals surface area contributed by atoms with Crippen molar-refractivity contribution in [1.82, 2.24) is 0 Å². The largest absolute Gasteiger partial charge is 0.445 e. The molecule has 1 rings (SSSR count). The molecule has 0 aliphatic carbocycles. The summed E-state index contributed by atoms with van der Waals surface area (Å²) in [4.78, 5) is 24.3. The third kappa shape index (κ3) is 1.68. The van der Waals surface area contributed by atoms with E-state index in [1.807, 2.05) is 0 Å². The van der Waals surface area contributed by atoms with Gasteiger partial charge in [-0.2, -0.15) is 0 Å². The summed E-state index contributed by atoms with van der Waals surface area (Å²) in [6, 6.07) is 0. The Hall–Kier alpha value is -1.66. The number of carbonyl (C=O) groups excluding carboxylic acids is 1. The summed E-state index contributed by atoms with van der Waals surface area (Å²) >= 11 is 0. The quantitative estimate of drug-likeness (QED) is 0.304. The Kier molecular flexibility index (Phi) is 2.22. The van der Waals surface area contributed by atoms with Crippen molar-refractivity contribution in [3.63, 3.8) is 0 Å². The lowest BCUT2D eigenvalue weighted by Crippen LogP contribution is -2.31. The van der Waals surface area contributed by atoms with Gasteiger partial charge in [0.05, 0.1) is 0 Å². The Balaban J connectivity index is 2.62. The predicted octanol–water partition coefficient (Wildman–Crippen LogP) is -0.462. The second kappa shape index (κ2) is 3.16. The van der Waals surface area contributed by atoms with E-state index in [0.29, 0.717) is 0 Å². The molecule has 7 nitrogen and oxygen atoms in total. The SMILES string of the molecule is CC(=O)OC1CON=C1[N+](=O)[O-]. The minimum absolute atomic E-state index is 0.0874. The average Bonchev–Trinajstić information content (AvgIpc) is 2.33. The number of esters is 1. The van der Waals surface area contributed by atoms with Gasteiger partial charge in [-0.1, -0.05) is 0 Å². The van der Waals surface area contributed by atoms with Gasteiger partial charge in [0.1, 0.15) is 0 Å². The molecule has 7 heteroatoms. The summed E-state index contributed by atoms with van der Waals surface area (Å²) < 4.78 is 4.55. The smallest absolute Gasteiger partial charge is 0.429 e. The second-order valence-corrected chi connectivity index (χ2v) is 2.10. The van der Waals surface area contributed by atoms with Gasteiger partial charge in [-0.15, -0.1) is 0 Å². The van der Waals surface area contributed by atoms with Crippen LogP contribution in [-0.2, 0) is 14.4 Å². The molecule has 0 saturated heterocycles. The molecule has 0 bridgehead atoms. The fraction of sp³-hybridized carbons (Fsp3) is 0.600. The van der Waals surface area contributed by atoms with E-state index in [2.05, 4.69) is 14.7 Å². The van der Waals surface area contributed by atoms with Gasteiger partial charge in [-0.3, -0.25) is 9.63 Å². The first-order valence-corrected chi connectivity index (χ1v) is 3.12. The number of hydrogen-bond acceptors (Lipinski definition) is 6. The van der Waals surface area contributed by atoms with Gasteiger partial charge in [0.2, 0.25) is 0 Å². The number of nitro groups is 1. The molecule has 1 aliphatic rings. The summed E-state index contributed by atoms with van der Waals surface area (Å²) in [6.45, 7) is 1.08. The molecule has 0 saturated carbocycles. The number of carbonyl (C=O) groups is 1. The molecule has 0 radical (unpaired) electrons. The van der Waals surface area contributed by atoms with Gasteiger partial charge < -0.3 is 14.9 Å². The normalized spacial score (nSPS) is 21.1. The second-order valence-electron chi connectivity index (χ2n) is 2.10. The van der Waals surface area contributed by atoms with Crippen LogP contribution in [0, 0.1) is 10.1 Å². The molecule has 0 spiro atoms. The fourth-order valence-electron chi connectivity index (χ4n) is 0.742. The number of nitrogens with zero attached hydrogens (tertiary/aromatic N) is 2. The van der Waals surface area contributed by atoms with Crippen LogP contribution in [0.2, 0.25) is 0 Å². The van der Waals surface area contributed by atoms with Crippen LogP contribution in [0.5, 0.6) is 0 Å². The first-order chi connectivity index (χ1) is 5.61. The standard InChI is InChI=1S/C5H6N2O5/c1-3(8)12-4-2-11-6-5(4)7(9)10/h4H,2H2,1H3. The first-order valence-electron chi connectivity index (χ1n) is 3.12. The predicted molar refractivity (Wildman–Crippen MR) is 35.9 cm³/mol. The molecule has 12 heavy (non-hydrogen) atoms. The molecule has 0 aromatic carbocycles. The maximum atomic E-state index is 10.4. The van der Waals surface area contributed by atoms with Crippen molar-refractivity contribution in [2.24, 2.45) is 5.16 Å². The van der Waals surface area contributed by atoms with Crippen LogP contribution in [-0.4, -0.2) is 29.4 Å². The number of rotatable bonds is 1.